The lowest BCUT2D eigenvalue weighted by atomic mass is 10.2. The highest BCUT2D eigenvalue weighted by Crippen LogP contribution is 2.29. The molecule has 0 aliphatic carbocycles. The summed E-state index contributed by atoms with van der Waals surface area (Å²) in [4.78, 5) is 29.1. The fraction of sp³-hybridized carbons (Fsp3) is 0.438. The number of aromatic nitrogens is 2. The highest BCUT2D eigenvalue weighted by Gasteiger charge is 2.29. The average molecular weight is 353 g/mol. The highest BCUT2D eigenvalue weighted by atomic mass is 35.5. The molecule has 23 heavy (non-hydrogen) atoms. The summed E-state index contributed by atoms with van der Waals surface area (Å²) in [6.07, 6.45) is 0.634. The minimum Gasteiger partial charge on any atom is -0.465 e. The van der Waals surface area contributed by atoms with Crippen molar-refractivity contribution in [2.24, 2.45) is 5.92 Å². The minimum absolute atomic E-state index is 0.103. The van der Waals surface area contributed by atoms with E-state index in [1.54, 1.807) is 22.8 Å². The molecule has 0 N–H and O–H groups in total. The maximum Gasteiger partial charge on any atom is 0.319 e. The predicted molar refractivity (Wildman–Crippen MR) is 91.1 cm³/mol. The number of ether oxygens (including phenoxy) is 1. The van der Waals surface area contributed by atoms with Crippen LogP contribution in [-0.2, 0) is 16.1 Å². The number of esters is 1. The molecule has 2 heterocycles. The summed E-state index contributed by atoms with van der Waals surface area (Å²) in [6, 6.07) is 5.06. The van der Waals surface area contributed by atoms with Gasteiger partial charge in [0, 0.05) is 18.0 Å². The molecule has 7 heteroatoms. The molecule has 0 saturated carbocycles. The molecule has 5 nitrogen and oxygen atoms in total. The van der Waals surface area contributed by atoms with Crippen LogP contribution in [0.5, 0.6) is 0 Å². The van der Waals surface area contributed by atoms with Crippen molar-refractivity contribution in [3.05, 3.63) is 33.6 Å². The maximum absolute atomic E-state index is 12.8. The molecule has 0 bridgehead atoms. The third-order valence-electron chi connectivity index (χ3n) is 3.56. The van der Waals surface area contributed by atoms with Gasteiger partial charge in [0.1, 0.15) is 5.25 Å². The van der Waals surface area contributed by atoms with Gasteiger partial charge in [-0.2, -0.15) is 0 Å². The van der Waals surface area contributed by atoms with Crippen LogP contribution in [0, 0.1) is 5.92 Å². The number of nitrogens with zero attached hydrogens (tertiary/aromatic N) is 2. The molecule has 1 fully saturated rings. The highest BCUT2D eigenvalue weighted by molar-refractivity contribution is 8.00. The van der Waals surface area contributed by atoms with Crippen molar-refractivity contribution >= 4 is 40.2 Å². The van der Waals surface area contributed by atoms with Crippen LogP contribution in [0.15, 0.2) is 28.2 Å². The molecule has 1 aliphatic heterocycles. The first-order chi connectivity index (χ1) is 11.0. The summed E-state index contributed by atoms with van der Waals surface area (Å²) in [7, 11) is 0. The normalized spacial score (nSPS) is 17.9. The lowest BCUT2D eigenvalue weighted by molar-refractivity contribution is -0.137. The Morgan fingerprint density at radius 2 is 2.22 bits per heavy atom. The Kier molecular flexibility index (Phi) is 4.64. The molecule has 0 unspecified atom stereocenters. The number of hydrogen-bond donors (Lipinski definition) is 0. The van der Waals surface area contributed by atoms with Crippen molar-refractivity contribution in [2.45, 2.75) is 37.2 Å². The van der Waals surface area contributed by atoms with Crippen LogP contribution in [0.2, 0.25) is 5.02 Å². The lowest BCUT2D eigenvalue weighted by Gasteiger charge is -2.16. The van der Waals surface area contributed by atoms with Crippen molar-refractivity contribution in [3.8, 4) is 0 Å². The number of carbonyl (C=O) groups excluding carboxylic acids is 1. The van der Waals surface area contributed by atoms with Gasteiger partial charge >= 0.3 is 5.97 Å². The van der Waals surface area contributed by atoms with Gasteiger partial charge in [-0.1, -0.05) is 37.2 Å². The van der Waals surface area contributed by atoms with Crippen LogP contribution in [-0.4, -0.2) is 27.4 Å². The second-order valence-corrected chi connectivity index (χ2v) is 7.53. The van der Waals surface area contributed by atoms with Gasteiger partial charge in [-0.3, -0.25) is 14.2 Å². The number of cyclic esters (lactones) is 1. The van der Waals surface area contributed by atoms with E-state index in [0.717, 1.165) is 0 Å². The van der Waals surface area contributed by atoms with E-state index in [-0.39, 0.29) is 22.7 Å². The molecule has 122 valence electrons. The number of thioether (sulfide) groups is 1. The van der Waals surface area contributed by atoms with Gasteiger partial charge in [0.05, 0.1) is 17.5 Å². The van der Waals surface area contributed by atoms with Crippen molar-refractivity contribution < 1.29 is 9.53 Å². The summed E-state index contributed by atoms with van der Waals surface area (Å²) in [5.41, 5.74) is 0.450. The molecule has 1 atom stereocenters. The zero-order valence-corrected chi connectivity index (χ0v) is 14.5. The van der Waals surface area contributed by atoms with E-state index >= 15 is 0 Å². The Balaban J connectivity index is 2.12. The number of fused-ring (bicyclic) bond motifs is 1. The average Bonchev–Trinajstić information content (AvgIpc) is 2.88. The summed E-state index contributed by atoms with van der Waals surface area (Å²) >= 11 is 7.31. The van der Waals surface area contributed by atoms with Gasteiger partial charge < -0.3 is 4.74 Å². The molecule has 0 radical (unpaired) electrons. The maximum atomic E-state index is 12.8. The van der Waals surface area contributed by atoms with Gasteiger partial charge in [-0.15, -0.1) is 0 Å². The summed E-state index contributed by atoms with van der Waals surface area (Å²) in [6.45, 7) is 5.05. The second-order valence-electron chi connectivity index (χ2n) is 5.93. The van der Waals surface area contributed by atoms with Gasteiger partial charge in [-0.25, -0.2) is 4.98 Å². The Morgan fingerprint density at radius 3 is 2.87 bits per heavy atom. The summed E-state index contributed by atoms with van der Waals surface area (Å²) < 4.78 is 6.65. The number of halogens is 1. The van der Waals surface area contributed by atoms with E-state index in [4.69, 9.17) is 16.3 Å². The number of hydrogen-bond acceptors (Lipinski definition) is 5. The zero-order valence-electron chi connectivity index (χ0n) is 12.9. The topological polar surface area (TPSA) is 61.2 Å². The van der Waals surface area contributed by atoms with E-state index in [1.165, 1.54) is 11.8 Å². The predicted octanol–water partition coefficient (Wildman–Crippen LogP) is 3.11. The van der Waals surface area contributed by atoms with E-state index < -0.39 is 0 Å². The first-order valence-corrected chi connectivity index (χ1v) is 8.75. The Morgan fingerprint density at radius 1 is 1.43 bits per heavy atom. The molecule has 2 aromatic rings. The zero-order chi connectivity index (χ0) is 16.6. The first-order valence-electron chi connectivity index (χ1n) is 7.49. The van der Waals surface area contributed by atoms with Gasteiger partial charge in [0.2, 0.25) is 0 Å². The van der Waals surface area contributed by atoms with Crippen LogP contribution in [0.25, 0.3) is 10.9 Å². The second kappa shape index (κ2) is 6.53. The summed E-state index contributed by atoms with van der Waals surface area (Å²) in [5, 5.41) is 1.30. The monoisotopic (exact) mass is 352 g/mol. The van der Waals surface area contributed by atoms with Crippen LogP contribution in [0.1, 0.15) is 20.3 Å². The molecule has 0 amide bonds. The SMILES string of the molecule is CC(C)Cn1c(S[C@@H]2CCOC2=O)nc2cc(Cl)ccc2c1=O. The smallest absolute Gasteiger partial charge is 0.319 e. The summed E-state index contributed by atoms with van der Waals surface area (Å²) in [5.74, 6) is 0.0423. The molecule has 0 spiro atoms. The fourth-order valence-electron chi connectivity index (χ4n) is 2.50. The Labute approximate surface area is 143 Å². The van der Waals surface area contributed by atoms with Gasteiger partial charge in [0.25, 0.3) is 5.56 Å². The molecular weight excluding hydrogens is 336 g/mol. The van der Waals surface area contributed by atoms with Gasteiger partial charge in [0.15, 0.2) is 5.16 Å². The lowest BCUT2D eigenvalue weighted by Crippen LogP contribution is -2.26. The van der Waals surface area contributed by atoms with Crippen molar-refractivity contribution in [2.75, 3.05) is 6.61 Å². The van der Waals surface area contributed by atoms with Crippen LogP contribution >= 0.6 is 23.4 Å². The quantitative estimate of drug-likeness (QED) is 0.625. The number of benzene rings is 1. The molecule has 1 aromatic carbocycles. The van der Waals surface area contributed by atoms with Crippen molar-refractivity contribution in [1.82, 2.24) is 9.55 Å². The number of rotatable bonds is 4. The molecule has 1 saturated heterocycles. The minimum atomic E-state index is -0.308. The first kappa shape index (κ1) is 16.3. The van der Waals surface area contributed by atoms with Crippen molar-refractivity contribution in [3.63, 3.8) is 0 Å². The third-order valence-corrected chi connectivity index (χ3v) is 5.04. The molecule has 3 rings (SSSR count). The largest absolute Gasteiger partial charge is 0.465 e. The van der Waals surface area contributed by atoms with E-state index in [9.17, 15) is 9.59 Å². The molecule has 1 aromatic heterocycles. The van der Waals surface area contributed by atoms with E-state index in [2.05, 4.69) is 4.98 Å². The Bertz CT molecular complexity index is 819. The fourth-order valence-corrected chi connectivity index (χ4v) is 3.74. The number of carbonyl (C=O) groups is 1. The van der Waals surface area contributed by atoms with E-state index in [1.807, 2.05) is 13.8 Å². The molecular formula is C16H17ClN2O3S. The van der Waals surface area contributed by atoms with Crippen molar-refractivity contribution in [1.29, 1.82) is 0 Å². The Hall–Kier alpha value is -1.53. The van der Waals surface area contributed by atoms with Crippen LogP contribution < -0.4 is 5.56 Å². The van der Waals surface area contributed by atoms with Gasteiger partial charge in [-0.05, 0) is 24.1 Å². The third kappa shape index (κ3) is 3.38. The standard InChI is InChI=1S/C16H17ClN2O3S/c1-9(2)8-19-14(20)11-4-3-10(17)7-12(11)18-16(19)23-13-5-6-22-15(13)21/h3-4,7,9,13H,5-6,8H2,1-2H3/t13-/m1/s1. The molecule has 1 aliphatic rings. The van der Waals surface area contributed by atoms with Crippen LogP contribution in [0.4, 0.5) is 0 Å². The van der Waals surface area contributed by atoms with E-state index in [0.29, 0.717) is 40.7 Å². The van der Waals surface area contributed by atoms with Crippen LogP contribution in [0.3, 0.4) is 0 Å².